The Labute approximate surface area is 136 Å². The van der Waals surface area contributed by atoms with E-state index in [4.69, 9.17) is 9.97 Å². The van der Waals surface area contributed by atoms with Crippen LogP contribution in [-0.4, -0.2) is 23.1 Å². The second-order valence-electron chi connectivity index (χ2n) is 7.30. The van der Waals surface area contributed by atoms with Crippen molar-refractivity contribution in [3.8, 4) is 0 Å². The van der Waals surface area contributed by atoms with Gasteiger partial charge in [-0.15, -0.1) is 11.3 Å². The highest BCUT2D eigenvalue weighted by Gasteiger charge is 2.26. The summed E-state index contributed by atoms with van der Waals surface area (Å²) < 4.78 is 0. The van der Waals surface area contributed by atoms with Gasteiger partial charge in [-0.05, 0) is 56.4 Å². The van der Waals surface area contributed by atoms with Crippen molar-refractivity contribution in [1.82, 2.24) is 9.97 Å². The molecule has 118 valence electrons. The molecule has 2 aliphatic rings. The van der Waals surface area contributed by atoms with E-state index in [0.29, 0.717) is 0 Å². The average molecular weight is 315 g/mol. The lowest BCUT2D eigenvalue weighted by molar-refractivity contribution is 0.437. The molecule has 0 saturated carbocycles. The molecule has 1 atom stereocenters. The number of nitrogens with zero attached hydrogens (tertiary/aromatic N) is 3. The molecule has 4 rings (SSSR count). The standard InChI is InChI=1S/C18H25N3S/c1-11-6-8-21(9-7-11)17-16-14-5-4-12(2)10-15(14)22-18(16)20-13(3)19-17/h11-12H,4-10H2,1-3H3. The molecule has 4 heteroatoms. The Bertz CT molecular complexity index is 698. The van der Waals surface area contributed by atoms with Crippen LogP contribution in [0, 0.1) is 18.8 Å². The molecule has 2 aromatic heterocycles. The van der Waals surface area contributed by atoms with Crippen LogP contribution in [0.15, 0.2) is 0 Å². The van der Waals surface area contributed by atoms with Crippen molar-refractivity contribution in [2.75, 3.05) is 18.0 Å². The molecule has 0 amide bonds. The maximum atomic E-state index is 4.87. The molecule has 2 aromatic rings. The number of hydrogen-bond donors (Lipinski definition) is 0. The lowest BCUT2D eigenvalue weighted by Gasteiger charge is -2.32. The maximum Gasteiger partial charge on any atom is 0.141 e. The van der Waals surface area contributed by atoms with Gasteiger partial charge in [0.1, 0.15) is 16.5 Å². The Kier molecular flexibility index (Phi) is 3.60. The van der Waals surface area contributed by atoms with Gasteiger partial charge >= 0.3 is 0 Å². The van der Waals surface area contributed by atoms with Crippen LogP contribution in [0.4, 0.5) is 5.82 Å². The topological polar surface area (TPSA) is 29.0 Å². The molecule has 0 spiro atoms. The smallest absolute Gasteiger partial charge is 0.141 e. The normalized spacial score (nSPS) is 23.0. The minimum atomic E-state index is 0.814. The number of anilines is 1. The highest BCUT2D eigenvalue weighted by molar-refractivity contribution is 7.19. The maximum absolute atomic E-state index is 4.87. The molecular formula is C18H25N3S. The van der Waals surface area contributed by atoms with Gasteiger partial charge in [0, 0.05) is 18.0 Å². The quantitative estimate of drug-likeness (QED) is 0.783. The zero-order chi connectivity index (χ0) is 15.3. The van der Waals surface area contributed by atoms with Crippen molar-refractivity contribution < 1.29 is 0 Å². The molecule has 0 radical (unpaired) electrons. The van der Waals surface area contributed by atoms with Gasteiger partial charge in [0.15, 0.2) is 0 Å². The SMILES string of the molecule is Cc1nc(N2CCC(C)CC2)c2c3c(sc2n1)CC(C)CC3. The van der Waals surface area contributed by atoms with E-state index >= 15 is 0 Å². The van der Waals surface area contributed by atoms with E-state index in [1.54, 1.807) is 10.4 Å². The predicted molar refractivity (Wildman–Crippen MR) is 94.0 cm³/mol. The van der Waals surface area contributed by atoms with Gasteiger partial charge in [-0.2, -0.15) is 0 Å². The first kappa shape index (κ1) is 14.4. The molecule has 0 aromatic carbocycles. The summed E-state index contributed by atoms with van der Waals surface area (Å²) in [5.41, 5.74) is 1.56. The monoisotopic (exact) mass is 315 g/mol. The Hall–Kier alpha value is -1.16. The van der Waals surface area contributed by atoms with Crippen LogP contribution in [0.5, 0.6) is 0 Å². The summed E-state index contributed by atoms with van der Waals surface area (Å²) in [5, 5.41) is 1.38. The number of fused-ring (bicyclic) bond motifs is 3. The summed E-state index contributed by atoms with van der Waals surface area (Å²) in [6.07, 6.45) is 6.32. The van der Waals surface area contributed by atoms with Gasteiger partial charge in [-0.25, -0.2) is 9.97 Å². The van der Waals surface area contributed by atoms with Gasteiger partial charge in [0.05, 0.1) is 5.39 Å². The number of aryl methyl sites for hydroxylation is 2. The zero-order valence-corrected chi connectivity index (χ0v) is 14.7. The first-order valence-electron chi connectivity index (χ1n) is 8.65. The summed E-state index contributed by atoms with van der Waals surface area (Å²) in [6.45, 7) is 9.07. The van der Waals surface area contributed by atoms with E-state index in [1.807, 2.05) is 18.3 Å². The summed E-state index contributed by atoms with van der Waals surface area (Å²) in [7, 11) is 0. The molecule has 1 aliphatic heterocycles. The minimum Gasteiger partial charge on any atom is -0.356 e. The Morgan fingerprint density at radius 2 is 1.82 bits per heavy atom. The number of thiophene rings is 1. The van der Waals surface area contributed by atoms with Gasteiger partial charge in [-0.1, -0.05) is 13.8 Å². The number of rotatable bonds is 1. The van der Waals surface area contributed by atoms with Crippen molar-refractivity contribution >= 4 is 27.4 Å². The highest BCUT2D eigenvalue weighted by atomic mass is 32.1. The van der Waals surface area contributed by atoms with E-state index in [2.05, 4.69) is 18.7 Å². The molecular weight excluding hydrogens is 290 g/mol. The Balaban J connectivity index is 1.83. The fourth-order valence-corrected chi connectivity index (χ4v) is 5.30. The van der Waals surface area contributed by atoms with Crippen molar-refractivity contribution in [2.24, 2.45) is 11.8 Å². The fraction of sp³-hybridized carbons (Fsp3) is 0.667. The summed E-state index contributed by atoms with van der Waals surface area (Å²) in [5.74, 6) is 3.81. The molecule has 1 fully saturated rings. The second kappa shape index (κ2) is 5.48. The fourth-order valence-electron chi connectivity index (χ4n) is 3.88. The minimum absolute atomic E-state index is 0.814. The predicted octanol–water partition coefficient (Wildman–Crippen LogP) is 4.36. The van der Waals surface area contributed by atoms with Crippen LogP contribution < -0.4 is 4.90 Å². The molecule has 0 bridgehead atoms. The Morgan fingerprint density at radius 3 is 2.59 bits per heavy atom. The largest absolute Gasteiger partial charge is 0.356 e. The van der Waals surface area contributed by atoms with Crippen LogP contribution >= 0.6 is 11.3 Å². The van der Waals surface area contributed by atoms with Crippen LogP contribution in [0.2, 0.25) is 0 Å². The van der Waals surface area contributed by atoms with Gasteiger partial charge in [-0.3, -0.25) is 0 Å². The van der Waals surface area contributed by atoms with Crippen molar-refractivity contribution in [3.63, 3.8) is 0 Å². The van der Waals surface area contributed by atoms with E-state index < -0.39 is 0 Å². The van der Waals surface area contributed by atoms with E-state index in [9.17, 15) is 0 Å². The van der Waals surface area contributed by atoms with Crippen LogP contribution in [0.1, 0.15) is 49.4 Å². The van der Waals surface area contributed by atoms with Gasteiger partial charge < -0.3 is 4.90 Å². The summed E-state index contributed by atoms with van der Waals surface area (Å²) >= 11 is 1.92. The number of piperidine rings is 1. The van der Waals surface area contributed by atoms with Crippen molar-refractivity contribution in [2.45, 2.75) is 52.9 Å². The molecule has 3 nitrogen and oxygen atoms in total. The van der Waals surface area contributed by atoms with E-state index in [0.717, 1.165) is 30.7 Å². The summed E-state index contributed by atoms with van der Waals surface area (Å²) in [4.78, 5) is 14.9. The Morgan fingerprint density at radius 1 is 1.05 bits per heavy atom. The lowest BCUT2D eigenvalue weighted by Crippen LogP contribution is -2.33. The zero-order valence-electron chi connectivity index (χ0n) is 13.9. The number of aromatic nitrogens is 2. The van der Waals surface area contributed by atoms with Crippen LogP contribution in [0.25, 0.3) is 10.2 Å². The number of hydrogen-bond acceptors (Lipinski definition) is 4. The van der Waals surface area contributed by atoms with Gasteiger partial charge in [0.2, 0.25) is 0 Å². The van der Waals surface area contributed by atoms with Crippen LogP contribution in [0.3, 0.4) is 0 Å². The molecule has 0 N–H and O–H groups in total. The molecule has 3 heterocycles. The first-order valence-corrected chi connectivity index (χ1v) is 9.47. The van der Waals surface area contributed by atoms with Gasteiger partial charge in [0.25, 0.3) is 0 Å². The van der Waals surface area contributed by atoms with Crippen LogP contribution in [-0.2, 0) is 12.8 Å². The molecule has 1 aliphatic carbocycles. The third kappa shape index (κ3) is 2.41. The van der Waals surface area contributed by atoms with Crippen molar-refractivity contribution in [1.29, 1.82) is 0 Å². The molecule has 22 heavy (non-hydrogen) atoms. The third-order valence-electron chi connectivity index (χ3n) is 5.33. The third-order valence-corrected chi connectivity index (χ3v) is 6.48. The lowest BCUT2D eigenvalue weighted by atomic mass is 9.89. The van der Waals surface area contributed by atoms with E-state index in [-0.39, 0.29) is 0 Å². The van der Waals surface area contributed by atoms with Crippen molar-refractivity contribution in [3.05, 3.63) is 16.3 Å². The summed E-state index contributed by atoms with van der Waals surface area (Å²) in [6, 6.07) is 0. The van der Waals surface area contributed by atoms with E-state index in [1.165, 1.54) is 48.1 Å². The second-order valence-corrected chi connectivity index (χ2v) is 8.38. The molecule has 1 unspecified atom stereocenters. The highest BCUT2D eigenvalue weighted by Crippen LogP contribution is 2.41. The average Bonchev–Trinajstić information content (AvgIpc) is 2.84. The first-order chi connectivity index (χ1) is 10.6. The molecule has 1 saturated heterocycles.